The van der Waals surface area contributed by atoms with Crippen LogP contribution < -0.4 is 5.32 Å². The third-order valence-electron chi connectivity index (χ3n) is 2.05. The number of hydrogen-bond acceptors (Lipinski definition) is 4. The number of carbonyl (C=O) groups is 2. The molecule has 84 valence electrons. The number of amides is 1. The Balaban J connectivity index is 2.58. The van der Waals surface area contributed by atoms with Gasteiger partial charge in [-0.05, 0) is 18.2 Å². The van der Waals surface area contributed by atoms with Gasteiger partial charge in [-0.1, -0.05) is 6.08 Å². The van der Waals surface area contributed by atoms with E-state index in [4.69, 9.17) is 0 Å². The van der Waals surface area contributed by atoms with Crippen LogP contribution >= 0.6 is 11.8 Å². The Hall–Kier alpha value is -0.970. The second kappa shape index (κ2) is 6.50. The SMILES string of the molecule is COC(=O)[C@@H]1CS/C=C\CCCC(=O)N1. The van der Waals surface area contributed by atoms with Gasteiger partial charge < -0.3 is 10.1 Å². The first-order valence-corrected chi connectivity index (χ1v) is 5.92. The van der Waals surface area contributed by atoms with Crippen molar-refractivity contribution in [2.24, 2.45) is 0 Å². The molecule has 1 amide bonds. The number of rotatable bonds is 1. The van der Waals surface area contributed by atoms with Crippen LogP contribution in [-0.4, -0.2) is 30.8 Å². The van der Waals surface area contributed by atoms with Crippen LogP contribution in [-0.2, 0) is 14.3 Å². The molecule has 0 saturated heterocycles. The lowest BCUT2D eigenvalue weighted by Crippen LogP contribution is -2.43. The van der Waals surface area contributed by atoms with Crippen LogP contribution in [0.5, 0.6) is 0 Å². The van der Waals surface area contributed by atoms with Crippen molar-refractivity contribution in [3.05, 3.63) is 11.5 Å². The van der Waals surface area contributed by atoms with Gasteiger partial charge in [-0.25, -0.2) is 4.79 Å². The minimum absolute atomic E-state index is 0.0821. The Labute approximate surface area is 93.4 Å². The Kier molecular flexibility index (Phi) is 5.25. The zero-order valence-electron chi connectivity index (χ0n) is 8.69. The Morgan fingerprint density at radius 3 is 3.20 bits per heavy atom. The van der Waals surface area contributed by atoms with Crippen LogP contribution in [0, 0.1) is 0 Å². The summed E-state index contributed by atoms with van der Waals surface area (Å²) < 4.78 is 4.62. The van der Waals surface area contributed by atoms with Gasteiger partial charge >= 0.3 is 5.97 Å². The molecule has 1 atom stereocenters. The molecule has 4 nitrogen and oxygen atoms in total. The molecule has 0 saturated carbocycles. The molecule has 1 heterocycles. The Bertz CT molecular complexity index is 265. The molecular weight excluding hydrogens is 214 g/mol. The summed E-state index contributed by atoms with van der Waals surface area (Å²) >= 11 is 1.51. The molecule has 1 aliphatic rings. The van der Waals surface area contributed by atoms with E-state index in [1.807, 2.05) is 11.5 Å². The molecular formula is C10H15NO3S. The second-order valence-corrected chi connectivity index (χ2v) is 4.18. The number of methoxy groups -OCH3 is 1. The number of esters is 1. The third-order valence-corrected chi connectivity index (χ3v) is 2.96. The first kappa shape index (κ1) is 12.1. The van der Waals surface area contributed by atoms with Gasteiger partial charge in [-0.2, -0.15) is 0 Å². The first-order valence-electron chi connectivity index (χ1n) is 4.88. The number of carbonyl (C=O) groups excluding carboxylic acids is 2. The van der Waals surface area contributed by atoms with E-state index in [9.17, 15) is 9.59 Å². The Morgan fingerprint density at radius 1 is 1.67 bits per heavy atom. The summed E-state index contributed by atoms with van der Waals surface area (Å²) in [5, 5.41) is 4.63. The lowest BCUT2D eigenvalue weighted by Gasteiger charge is -2.16. The van der Waals surface area contributed by atoms with E-state index in [1.165, 1.54) is 18.9 Å². The van der Waals surface area contributed by atoms with Gasteiger partial charge in [0.1, 0.15) is 6.04 Å². The summed E-state index contributed by atoms with van der Waals surface area (Å²) in [4.78, 5) is 22.7. The predicted octanol–water partition coefficient (Wildman–Crippen LogP) is 1.07. The maximum atomic E-state index is 11.4. The van der Waals surface area contributed by atoms with Crippen LogP contribution in [0.25, 0.3) is 0 Å². The number of nitrogens with one attached hydrogen (secondary N) is 1. The van der Waals surface area contributed by atoms with E-state index in [-0.39, 0.29) is 11.9 Å². The largest absolute Gasteiger partial charge is 0.467 e. The second-order valence-electron chi connectivity index (χ2n) is 3.24. The van der Waals surface area contributed by atoms with Crippen molar-refractivity contribution >= 4 is 23.6 Å². The zero-order chi connectivity index (χ0) is 11.1. The summed E-state index contributed by atoms with van der Waals surface area (Å²) in [6.07, 6.45) is 4.21. The third kappa shape index (κ3) is 4.38. The van der Waals surface area contributed by atoms with E-state index < -0.39 is 6.04 Å². The van der Waals surface area contributed by atoms with E-state index in [0.717, 1.165) is 12.8 Å². The number of thioether (sulfide) groups is 1. The molecule has 0 aromatic rings. The van der Waals surface area contributed by atoms with Crippen molar-refractivity contribution in [2.75, 3.05) is 12.9 Å². The molecule has 0 radical (unpaired) electrons. The van der Waals surface area contributed by atoms with Crippen molar-refractivity contribution in [3.63, 3.8) is 0 Å². The summed E-state index contributed by atoms with van der Waals surface area (Å²) in [5.41, 5.74) is 0. The van der Waals surface area contributed by atoms with Crippen LogP contribution in [0.1, 0.15) is 19.3 Å². The topological polar surface area (TPSA) is 55.4 Å². The van der Waals surface area contributed by atoms with Crippen molar-refractivity contribution in [1.29, 1.82) is 0 Å². The molecule has 0 aliphatic carbocycles. The highest BCUT2D eigenvalue weighted by molar-refractivity contribution is 8.02. The molecule has 1 rings (SSSR count). The van der Waals surface area contributed by atoms with Crippen molar-refractivity contribution in [3.8, 4) is 0 Å². The number of ether oxygens (including phenoxy) is 1. The molecule has 5 heteroatoms. The molecule has 1 N–H and O–H groups in total. The first-order chi connectivity index (χ1) is 7.24. The highest BCUT2D eigenvalue weighted by atomic mass is 32.2. The fourth-order valence-electron chi connectivity index (χ4n) is 1.25. The molecule has 0 aromatic carbocycles. The average Bonchev–Trinajstić information content (AvgIpc) is 2.25. The monoisotopic (exact) mass is 229 g/mol. The molecule has 15 heavy (non-hydrogen) atoms. The quantitative estimate of drug-likeness (QED) is 0.683. The highest BCUT2D eigenvalue weighted by Gasteiger charge is 2.20. The number of allylic oxidation sites excluding steroid dienone is 1. The van der Waals surface area contributed by atoms with Gasteiger partial charge in [-0.3, -0.25) is 4.79 Å². The predicted molar refractivity (Wildman–Crippen MR) is 59.4 cm³/mol. The maximum absolute atomic E-state index is 11.4. The summed E-state index contributed by atoms with van der Waals surface area (Å²) in [6, 6.07) is -0.532. The average molecular weight is 229 g/mol. The molecule has 0 aromatic heterocycles. The minimum atomic E-state index is -0.532. The van der Waals surface area contributed by atoms with Gasteiger partial charge in [0.25, 0.3) is 0 Å². The van der Waals surface area contributed by atoms with Crippen molar-refractivity contribution in [2.45, 2.75) is 25.3 Å². The fourth-order valence-corrected chi connectivity index (χ4v) is 2.04. The van der Waals surface area contributed by atoms with Crippen LogP contribution in [0.4, 0.5) is 0 Å². The maximum Gasteiger partial charge on any atom is 0.329 e. The summed E-state index contributed by atoms with van der Waals surface area (Å²) in [7, 11) is 1.33. The van der Waals surface area contributed by atoms with E-state index in [0.29, 0.717) is 12.2 Å². The van der Waals surface area contributed by atoms with Gasteiger partial charge in [0.2, 0.25) is 5.91 Å². The van der Waals surface area contributed by atoms with Gasteiger partial charge in [0.05, 0.1) is 7.11 Å². The summed E-state index contributed by atoms with van der Waals surface area (Å²) in [6.45, 7) is 0. The van der Waals surface area contributed by atoms with Crippen molar-refractivity contribution < 1.29 is 14.3 Å². The van der Waals surface area contributed by atoms with Gasteiger partial charge in [-0.15, -0.1) is 11.8 Å². The number of hydrogen-bond donors (Lipinski definition) is 1. The fraction of sp³-hybridized carbons (Fsp3) is 0.600. The standard InChI is InChI=1S/C10H15NO3S/c1-14-10(13)8-7-15-6-4-2-3-5-9(12)11-8/h4,6,8H,2-3,5,7H2,1H3,(H,11,12)/b6-4-/t8-/m0/s1. The molecule has 0 unspecified atom stereocenters. The van der Waals surface area contributed by atoms with E-state index >= 15 is 0 Å². The smallest absolute Gasteiger partial charge is 0.329 e. The minimum Gasteiger partial charge on any atom is -0.467 e. The molecule has 0 bridgehead atoms. The lowest BCUT2D eigenvalue weighted by atomic mass is 10.2. The van der Waals surface area contributed by atoms with Crippen LogP contribution in [0.15, 0.2) is 11.5 Å². The molecule has 0 spiro atoms. The lowest BCUT2D eigenvalue weighted by molar-refractivity contribution is -0.144. The van der Waals surface area contributed by atoms with E-state index in [1.54, 1.807) is 0 Å². The normalized spacial score (nSPS) is 25.1. The summed E-state index contributed by atoms with van der Waals surface area (Å²) in [5.74, 6) is 0.0562. The van der Waals surface area contributed by atoms with Gasteiger partial charge in [0.15, 0.2) is 0 Å². The van der Waals surface area contributed by atoms with Gasteiger partial charge in [0, 0.05) is 12.2 Å². The van der Waals surface area contributed by atoms with Crippen LogP contribution in [0.3, 0.4) is 0 Å². The Morgan fingerprint density at radius 2 is 2.47 bits per heavy atom. The molecule has 1 aliphatic heterocycles. The van der Waals surface area contributed by atoms with E-state index in [2.05, 4.69) is 10.1 Å². The van der Waals surface area contributed by atoms with Crippen molar-refractivity contribution in [1.82, 2.24) is 5.32 Å². The highest BCUT2D eigenvalue weighted by Crippen LogP contribution is 2.10. The molecule has 0 fully saturated rings. The van der Waals surface area contributed by atoms with Crippen LogP contribution in [0.2, 0.25) is 0 Å². The zero-order valence-corrected chi connectivity index (χ0v) is 9.51.